The van der Waals surface area contributed by atoms with Crippen LogP contribution in [0.25, 0.3) is 0 Å². The molecule has 0 saturated carbocycles. The summed E-state index contributed by atoms with van der Waals surface area (Å²) in [5, 5.41) is 3.23. The molecule has 1 heterocycles. The minimum absolute atomic E-state index is 0.0857. The summed E-state index contributed by atoms with van der Waals surface area (Å²) in [6, 6.07) is 7.17. The second kappa shape index (κ2) is 8.74. The van der Waals surface area contributed by atoms with Gasteiger partial charge in [-0.25, -0.2) is 0 Å². The summed E-state index contributed by atoms with van der Waals surface area (Å²) in [7, 11) is 1.58. The zero-order valence-corrected chi connectivity index (χ0v) is 17.9. The lowest BCUT2D eigenvalue weighted by atomic mass is 10.1. The number of amides is 2. The predicted octanol–water partition coefficient (Wildman–Crippen LogP) is 4.14. The SMILES string of the molecule is Cc1cc(C)c(NC(=O)CN(C)C(=O)c2cc(Cl)c3c(c2)OCCCO3)c(C)c1. The lowest BCUT2D eigenvalue weighted by Crippen LogP contribution is -2.35. The Kier molecular flexibility index (Phi) is 6.33. The van der Waals surface area contributed by atoms with E-state index in [1.165, 1.54) is 4.90 Å². The van der Waals surface area contributed by atoms with Crippen molar-refractivity contribution in [2.45, 2.75) is 27.2 Å². The third kappa shape index (κ3) is 4.82. The maximum absolute atomic E-state index is 12.8. The van der Waals surface area contributed by atoms with Gasteiger partial charge in [0.25, 0.3) is 5.91 Å². The highest BCUT2D eigenvalue weighted by Gasteiger charge is 2.21. The minimum atomic E-state index is -0.324. The van der Waals surface area contributed by atoms with Gasteiger partial charge in [-0.05, 0) is 44.0 Å². The fourth-order valence-electron chi connectivity index (χ4n) is 3.42. The number of benzene rings is 2. The van der Waals surface area contributed by atoms with Crippen molar-refractivity contribution in [3.63, 3.8) is 0 Å². The molecule has 0 fully saturated rings. The molecule has 0 spiro atoms. The van der Waals surface area contributed by atoms with E-state index in [-0.39, 0.29) is 18.4 Å². The molecule has 7 heteroatoms. The van der Waals surface area contributed by atoms with Crippen LogP contribution in [0.15, 0.2) is 24.3 Å². The fraction of sp³-hybridized carbons (Fsp3) is 0.364. The number of aryl methyl sites for hydroxylation is 3. The summed E-state index contributed by atoms with van der Waals surface area (Å²) in [6.07, 6.45) is 0.742. The molecule has 2 aromatic carbocycles. The molecule has 0 bridgehead atoms. The van der Waals surface area contributed by atoms with Crippen LogP contribution in [0.1, 0.15) is 33.5 Å². The van der Waals surface area contributed by atoms with E-state index in [9.17, 15) is 9.59 Å². The summed E-state index contributed by atoms with van der Waals surface area (Å²) in [5.74, 6) is 0.305. The zero-order chi connectivity index (χ0) is 21.1. The van der Waals surface area contributed by atoms with E-state index in [4.69, 9.17) is 21.1 Å². The van der Waals surface area contributed by atoms with E-state index in [2.05, 4.69) is 5.32 Å². The molecule has 0 aliphatic carbocycles. The highest BCUT2D eigenvalue weighted by molar-refractivity contribution is 6.32. The Bertz CT molecular complexity index is 935. The van der Waals surface area contributed by atoms with Gasteiger partial charge >= 0.3 is 0 Å². The highest BCUT2D eigenvalue weighted by atomic mass is 35.5. The number of nitrogens with zero attached hydrogens (tertiary/aromatic N) is 1. The number of nitrogens with one attached hydrogen (secondary N) is 1. The van der Waals surface area contributed by atoms with Gasteiger partial charge in [-0.1, -0.05) is 29.3 Å². The van der Waals surface area contributed by atoms with Gasteiger partial charge in [0.15, 0.2) is 11.5 Å². The van der Waals surface area contributed by atoms with Crippen LogP contribution in [0.3, 0.4) is 0 Å². The molecule has 1 aliphatic heterocycles. The molecular weight excluding hydrogens is 392 g/mol. The van der Waals surface area contributed by atoms with E-state index < -0.39 is 0 Å². The number of fused-ring (bicyclic) bond motifs is 1. The van der Waals surface area contributed by atoms with Crippen molar-refractivity contribution in [1.82, 2.24) is 4.90 Å². The Morgan fingerprint density at radius 2 is 1.72 bits per heavy atom. The predicted molar refractivity (Wildman–Crippen MR) is 113 cm³/mol. The van der Waals surface area contributed by atoms with Crippen molar-refractivity contribution in [3.05, 3.63) is 51.5 Å². The number of ether oxygens (including phenoxy) is 2. The third-order valence-corrected chi connectivity index (χ3v) is 5.00. The maximum Gasteiger partial charge on any atom is 0.254 e. The van der Waals surface area contributed by atoms with Crippen molar-refractivity contribution in [2.75, 3.05) is 32.1 Å². The van der Waals surface area contributed by atoms with Crippen LogP contribution in [-0.4, -0.2) is 43.5 Å². The van der Waals surface area contributed by atoms with Crippen LogP contribution in [0, 0.1) is 20.8 Å². The van der Waals surface area contributed by atoms with Crippen LogP contribution in [0.4, 0.5) is 5.69 Å². The van der Waals surface area contributed by atoms with E-state index in [0.29, 0.717) is 35.3 Å². The van der Waals surface area contributed by atoms with Gasteiger partial charge in [0.05, 0.1) is 24.8 Å². The van der Waals surface area contributed by atoms with Gasteiger partial charge in [0.1, 0.15) is 0 Å². The molecule has 154 valence electrons. The molecule has 0 saturated heterocycles. The first-order valence-corrected chi connectivity index (χ1v) is 9.86. The van der Waals surface area contributed by atoms with Crippen molar-refractivity contribution < 1.29 is 19.1 Å². The Morgan fingerprint density at radius 1 is 1.07 bits per heavy atom. The van der Waals surface area contributed by atoms with Gasteiger partial charge in [-0.3, -0.25) is 9.59 Å². The van der Waals surface area contributed by atoms with Gasteiger partial charge in [-0.15, -0.1) is 0 Å². The topological polar surface area (TPSA) is 67.9 Å². The summed E-state index contributed by atoms with van der Waals surface area (Å²) in [6.45, 7) is 6.83. The summed E-state index contributed by atoms with van der Waals surface area (Å²) >= 11 is 6.27. The number of carbonyl (C=O) groups is 2. The smallest absolute Gasteiger partial charge is 0.254 e. The maximum atomic E-state index is 12.8. The number of likely N-dealkylation sites (N-methyl/N-ethyl adjacent to an activating group) is 1. The summed E-state index contributed by atoms with van der Waals surface area (Å²) in [5.41, 5.74) is 4.23. The van der Waals surface area contributed by atoms with Crippen molar-refractivity contribution in [3.8, 4) is 11.5 Å². The number of anilines is 1. The van der Waals surface area contributed by atoms with E-state index in [1.54, 1.807) is 19.2 Å². The number of halogens is 1. The number of hydrogen-bond donors (Lipinski definition) is 1. The van der Waals surface area contributed by atoms with Crippen LogP contribution in [0.5, 0.6) is 11.5 Å². The van der Waals surface area contributed by atoms with Crippen LogP contribution in [0.2, 0.25) is 5.02 Å². The molecule has 3 rings (SSSR count). The number of hydrogen-bond acceptors (Lipinski definition) is 4. The van der Waals surface area contributed by atoms with E-state index in [0.717, 1.165) is 28.8 Å². The van der Waals surface area contributed by atoms with Gasteiger partial charge in [-0.2, -0.15) is 0 Å². The molecule has 0 unspecified atom stereocenters. The Hall–Kier alpha value is -2.73. The van der Waals surface area contributed by atoms with E-state index in [1.807, 2.05) is 32.9 Å². The standard InChI is InChI=1S/C22H25ClN2O4/c1-13-8-14(2)20(15(3)9-13)24-19(26)12-25(4)22(27)16-10-17(23)21-18(11-16)28-6-5-7-29-21/h8-11H,5-7,12H2,1-4H3,(H,24,26). The lowest BCUT2D eigenvalue weighted by molar-refractivity contribution is -0.116. The zero-order valence-electron chi connectivity index (χ0n) is 17.1. The first kappa shape index (κ1) is 21.0. The third-order valence-electron chi connectivity index (χ3n) is 4.72. The monoisotopic (exact) mass is 416 g/mol. The second-order valence-corrected chi connectivity index (χ2v) is 7.73. The normalized spacial score (nSPS) is 12.9. The number of rotatable bonds is 4. The molecular formula is C22H25ClN2O4. The summed E-state index contributed by atoms with van der Waals surface area (Å²) in [4.78, 5) is 26.7. The van der Waals surface area contributed by atoms with Crippen LogP contribution in [-0.2, 0) is 4.79 Å². The van der Waals surface area contributed by atoms with Crippen LogP contribution < -0.4 is 14.8 Å². The molecule has 1 N–H and O–H groups in total. The Morgan fingerprint density at radius 3 is 2.41 bits per heavy atom. The molecule has 29 heavy (non-hydrogen) atoms. The van der Waals surface area contributed by atoms with Crippen LogP contribution >= 0.6 is 11.6 Å². The molecule has 0 atom stereocenters. The highest BCUT2D eigenvalue weighted by Crippen LogP contribution is 2.38. The molecule has 0 radical (unpaired) electrons. The lowest BCUT2D eigenvalue weighted by Gasteiger charge is -2.19. The van der Waals surface area contributed by atoms with Crippen molar-refractivity contribution >= 4 is 29.1 Å². The van der Waals surface area contributed by atoms with Crippen molar-refractivity contribution in [1.29, 1.82) is 0 Å². The Labute approximate surface area is 175 Å². The largest absolute Gasteiger partial charge is 0.489 e. The fourth-order valence-corrected chi connectivity index (χ4v) is 3.68. The first-order chi connectivity index (χ1) is 13.8. The van der Waals surface area contributed by atoms with Gasteiger partial charge < -0.3 is 19.7 Å². The van der Waals surface area contributed by atoms with Gasteiger partial charge in [0, 0.05) is 24.7 Å². The molecule has 1 aliphatic rings. The van der Waals surface area contributed by atoms with Gasteiger partial charge in [0.2, 0.25) is 5.91 Å². The average Bonchev–Trinajstić information content (AvgIpc) is 2.89. The minimum Gasteiger partial charge on any atom is -0.489 e. The Balaban J connectivity index is 1.72. The quantitative estimate of drug-likeness (QED) is 0.813. The molecule has 2 aromatic rings. The number of carbonyl (C=O) groups excluding carboxylic acids is 2. The van der Waals surface area contributed by atoms with Crippen molar-refractivity contribution in [2.24, 2.45) is 0 Å². The molecule has 6 nitrogen and oxygen atoms in total. The van der Waals surface area contributed by atoms with E-state index >= 15 is 0 Å². The average molecular weight is 417 g/mol. The molecule has 0 aromatic heterocycles. The molecule has 2 amide bonds. The summed E-state index contributed by atoms with van der Waals surface area (Å²) < 4.78 is 11.2. The first-order valence-electron chi connectivity index (χ1n) is 9.48. The second-order valence-electron chi connectivity index (χ2n) is 7.32.